The zero-order chi connectivity index (χ0) is 13.0. The molecule has 0 amide bonds. The van der Waals surface area contributed by atoms with Gasteiger partial charge in [0.15, 0.2) is 12.4 Å². The summed E-state index contributed by atoms with van der Waals surface area (Å²) in [6.07, 6.45) is 1.62. The zero-order valence-electron chi connectivity index (χ0n) is 9.35. The molecule has 92 valence electrons. The number of halogens is 1. The number of esters is 1. The number of rotatable bonds is 4. The van der Waals surface area contributed by atoms with Crippen LogP contribution in [0.25, 0.3) is 0 Å². The summed E-state index contributed by atoms with van der Waals surface area (Å²) >= 11 is 3.21. The van der Waals surface area contributed by atoms with Crippen LogP contribution in [-0.2, 0) is 4.74 Å². The second-order valence-electron chi connectivity index (χ2n) is 3.60. The van der Waals surface area contributed by atoms with E-state index in [9.17, 15) is 9.59 Å². The summed E-state index contributed by atoms with van der Waals surface area (Å²) in [5.41, 5.74) is 0.834. The number of nitrogens with one attached hydrogen (secondary N) is 1. The van der Waals surface area contributed by atoms with E-state index in [2.05, 4.69) is 20.9 Å². The van der Waals surface area contributed by atoms with Gasteiger partial charge in [0.2, 0.25) is 0 Å². The minimum atomic E-state index is -0.551. The Kier molecular flexibility index (Phi) is 3.94. The minimum absolute atomic E-state index is 0.227. The summed E-state index contributed by atoms with van der Waals surface area (Å²) in [4.78, 5) is 26.0. The highest BCUT2D eigenvalue weighted by molar-refractivity contribution is 9.10. The molecule has 1 aromatic carbocycles. The number of benzene rings is 1. The summed E-state index contributed by atoms with van der Waals surface area (Å²) in [6.45, 7) is -0.264. The van der Waals surface area contributed by atoms with E-state index in [1.165, 1.54) is 0 Å². The van der Waals surface area contributed by atoms with Crippen LogP contribution in [-0.4, -0.2) is 23.3 Å². The molecule has 0 atom stereocenters. The van der Waals surface area contributed by atoms with Gasteiger partial charge < -0.3 is 9.72 Å². The predicted octanol–water partition coefficient (Wildman–Crippen LogP) is 2.82. The third kappa shape index (κ3) is 3.07. The first-order valence-corrected chi connectivity index (χ1v) is 6.05. The van der Waals surface area contributed by atoms with Crippen molar-refractivity contribution < 1.29 is 14.3 Å². The van der Waals surface area contributed by atoms with Gasteiger partial charge >= 0.3 is 5.97 Å². The molecule has 0 aliphatic heterocycles. The molecule has 0 aliphatic rings. The van der Waals surface area contributed by atoms with Crippen LogP contribution in [0.3, 0.4) is 0 Å². The van der Waals surface area contributed by atoms with E-state index in [0.717, 1.165) is 4.47 Å². The molecule has 0 radical (unpaired) electrons. The molecule has 0 saturated heterocycles. The molecule has 0 spiro atoms. The molecule has 2 rings (SSSR count). The normalized spacial score (nSPS) is 10.1. The van der Waals surface area contributed by atoms with E-state index in [0.29, 0.717) is 11.3 Å². The van der Waals surface area contributed by atoms with Gasteiger partial charge in [-0.1, -0.05) is 30.3 Å². The number of hydrogen-bond donors (Lipinski definition) is 1. The van der Waals surface area contributed by atoms with Crippen LogP contribution in [0.1, 0.15) is 20.8 Å². The van der Waals surface area contributed by atoms with Crippen molar-refractivity contribution in [2.45, 2.75) is 0 Å². The summed E-state index contributed by atoms with van der Waals surface area (Å²) in [6, 6.07) is 10.3. The van der Waals surface area contributed by atoms with Crippen molar-refractivity contribution in [2.24, 2.45) is 0 Å². The number of ether oxygens (including phenoxy) is 1. The van der Waals surface area contributed by atoms with Crippen molar-refractivity contribution in [2.75, 3.05) is 6.61 Å². The van der Waals surface area contributed by atoms with Gasteiger partial charge in [0.25, 0.3) is 0 Å². The van der Waals surface area contributed by atoms with Crippen molar-refractivity contribution in [3.8, 4) is 0 Å². The maximum Gasteiger partial charge on any atom is 0.355 e. The van der Waals surface area contributed by atoms with Crippen LogP contribution < -0.4 is 0 Å². The average molecular weight is 308 g/mol. The van der Waals surface area contributed by atoms with Gasteiger partial charge in [0.1, 0.15) is 5.69 Å². The van der Waals surface area contributed by atoms with E-state index in [1.54, 1.807) is 36.5 Å². The quantitative estimate of drug-likeness (QED) is 0.698. The van der Waals surface area contributed by atoms with Crippen LogP contribution in [0.2, 0.25) is 0 Å². The third-order valence-corrected chi connectivity index (χ3v) is 2.76. The molecule has 0 fully saturated rings. The van der Waals surface area contributed by atoms with Crippen LogP contribution in [0.5, 0.6) is 0 Å². The van der Waals surface area contributed by atoms with Crippen molar-refractivity contribution in [3.63, 3.8) is 0 Å². The fourth-order valence-corrected chi connectivity index (χ4v) is 1.75. The van der Waals surface area contributed by atoms with Gasteiger partial charge in [-0.25, -0.2) is 4.79 Å². The molecule has 4 nitrogen and oxygen atoms in total. The summed E-state index contributed by atoms with van der Waals surface area (Å²) < 4.78 is 5.67. The standard InChI is InChI=1S/C13H10BrNO3/c14-10-6-11(15-7-10)13(17)18-8-12(16)9-4-2-1-3-5-9/h1-7,15H,8H2. The highest BCUT2D eigenvalue weighted by Crippen LogP contribution is 2.11. The lowest BCUT2D eigenvalue weighted by Gasteiger charge is -2.02. The van der Waals surface area contributed by atoms with Crippen molar-refractivity contribution in [3.05, 3.63) is 58.3 Å². The third-order valence-electron chi connectivity index (χ3n) is 2.30. The number of carbonyl (C=O) groups is 2. The summed E-state index contributed by atoms with van der Waals surface area (Å²) in [5, 5.41) is 0. The Morgan fingerprint density at radius 3 is 2.56 bits per heavy atom. The molecule has 0 bridgehead atoms. The number of H-pyrrole nitrogens is 1. The van der Waals surface area contributed by atoms with E-state index >= 15 is 0 Å². The second kappa shape index (κ2) is 5.64. The molecule has 5 heteroatoms. The molecular weight excluding hydrogens is 298 g/mol. The van der Waals surface area contributed by atoms with Crippen molar-refractivity contribution in [1.82, 2.24) is 4.98 Å². The Hall–Kier alpha value is -1.88. The summed E-state index contributed by atoms with van der Waals surface area (Å²) in [5.74, 6) is -0.778. The Morgan fingerprint density at radius 2 is 1.94 bits per heavy atom. The molecule has 0 unspecified atom stereocenters. The van der Waals surface area contributed by atoms with Gasteiger partial charge in [-0.2, -0.15) is 0 Å². The van der Waals surface area contributed by atoms with Crippen LogP contribution in [0.15, 0.2) is 47.1 Å². The molecule has 18 heavy (non-hydrogen) atoms. The molecule has 1 N–H and O–H groups in total. The summed E-state index contributed by atoms with van der Waals surface area (Å²) in [7, 11) is 0. The largest absolute Gasteiger partial charge is 0.453 e. The number of aromatic amines is 1. The maximum absolute atomic E-state index is 11.7. The number of Topliss-reactive ketones (excluding diaryl/α,β-unsaturated/α-hetero) is 1. The monoisotopic (exact) mass is 307 g/mol. The average Bonchev–Trinajstić information content (AvgIpc) is 2.83. The minimum Gasteiger partial charge on any atom is -0.453 e. The van der Waals surface area contributed by atoms with Crippen LogP contribution in [0.4, 0.5) is 0 Å². The number of aromatic nitrogens is 1. The van der Waals surface area contributed by atoms with Crippen molar-refractivity contribution in [1.29, 1.82) is 0 Å². The van der Waals surface area contributed by atoms with Crippen LogP contribution >= 0.6 is 15.9 Å². The molecule has 1 aromatic heterocycles. The van der Waals surface area contributed by atoms with E-state index < -0.39 is 5.97 Å². The molecule has 1 heterocycles. The fourth-order valence-electron chi connectivity index (χ4n) is 1.40. The number of hydrogen-bond acceptors (Lipinski definition) is 3. The maximum atomic E-state index is 11.7. The SMILES string of the molecule is O=C(COC(=O)c1cc(Br)c[nH]1)c1ccccc1. The van der Waals surface area contributed by atoms with E-state index in [1.807, 2.05) is 6.07 Å². The Morgan fingerprint density at radius 1 is 1.22 bits per heavy atom. The zero-order valence-corrected chi connectivity index (χ0v) is 10.9. The number of ketones is 1. The van der Waals surface area contributed by atoms with Crippen molar-refractivity contribution >= 4 is 27.7 Å². The fraction of sp³-hybridized carbons (Fsp3) is 0.0769. The van der Waals surface area contributed by atoms with Gasteiger partial charge in [0, 0.05) is 16.2 Å². The molecular formula is C13H10BrNO3. The van der Waals surface area contributed by atoms with Gasteiger partial charge in [-0.05, 0) is 22.0 Å². The molecule has 2 aromatic rings. The molecule has 0 aliphatic carbocycles. The molecule has 0 saturated carbocycles. The number of carbonyl (C=O) groups excluding carboxylic acids is 2. The topological polar surface area (TPSA) is 59.2 Å². The second-order valence-corrected chi connectivity index (χ2v) is 4.51. The lowest BCUT2D eigenvalue weighted by Crippen LogP contribution is -2.14. The Labute approximate surface area is 112 Å². The van der Waals surface area contributed by atoms with Gasteiger partial charge in [0.05, 0.1) is 0 Å². The van der Waals surface area contributed by atoms with Gasteiger partial charge in [-0.15, -0.1) is 0 Å². The smallest absolute Gasteiger partial charge is 0.355 e. The van der Waals surface area contributed by atoms with Crippen LogP contribution in [0, 0.1) is 0 Å². The lowest BCUT2D eigenvalue weighted by molar-refractivity contribution is 0.0469. The Bertz CT molecular complexity index is 563. The Balaban J connectivity index is 1.92. The van der Waals surface area contributed by atoms with E-state index in [4.69, 9.17) is 4.74 Å². The highest BCUT2D eigenvalue weighted by atomic mass is 79.9. The van der Waals surface area contributed by atoms with Gasteiger partial charge in [-0.3, -0.25) is 4.79 Å². The lowest BCUT2D eigenvalue weighted by atomic mass is 10.1. The highest BCUT2D eigenvalue weighted by Gasteiger charge is 2.12. The first-order chi connectivity index (χ1) is 8.66. The first-order valence-electron chi connectivity index (χ1n) is 5.26. The predicted molar refractivity (Wildman–Crippen MR) is 69.5 cm³/mol. The van der Waals surface area contributed by atoms with E-state index in [-0.39, 0.29) is 12.4 Å². The first kappa shape index (κ1) is 12.6.